The molecule has 1 aromatic heterocycles. The highest BCUT2D eigenvalue weighted by molar-refractivity contribution is 7.14. The topological polar surface area (TPSA) is 48.5 Å². The number of rotatable bonds is 2. The van der Waals surface area contributed by atoms with Crippen LogP contribution in [0.5, 0.6) is 0 Å². The summed E-state index contributed by atoms with van der Waals surface area (Å²) in [5.41, 5.74) is 1.44. The monoisotopic (exact) mass is 213 g/mol. The van der Waals surface area contributed by atoms with Gasteiger partial charge in [-0.1, -0.05) is 18.2 Å². The van der Waals surface area contributed by atoms with Gasteiger partial charge in [0.25, 0.3) is 0 Å². The minimum absolute atomic E-state index is 0.627. The van der Waals surface area contributed by atoms with Crippen molar-refractivity contribution < 1.29 is 0 Å². The number of hydrogen-bond donors (Lipinski definition) is 0. The van der Waals surface area contributed by atoms with Crippen LogP contribution in [0, 0.1) is 11.3 Å². The van der Waals surface area contributed by atoms with Crippen LogP contribution >= 0.6 is 11.3 Å². The molecule has 0 radical (unpaired) electrons. The highest BCUT2D eigenvalue weighted by Gasteiger charge is 1.96. The van der Waals surface area contributed by atoms with Gasteiger partial charge in [0.05, 0.1) is 11.3 Å². The zero-order valence-electron chi connectivity index (χ0n) is 7.79. The Kier molecular flexibility index (Phi) is 2.86. The molecular formula is C11H7N3S. The van der Waals surface area contributed by atoms with Gasteiger partial charge >= 0.3 is 0 Å². The first-order valence-electron chi connectivity index (χ1n) is 4.34. The number of nitriles is 1. The number of hydrogen-bond acceptors (Lipinski definition) is 4. The fourth-order valence-corrected chi connectivity index (χ4v) is 1.69. The third kappa shape index (κ3) is 2.48. The van der Waals surface area contributed by atoms with E-state index in [2.05, 4.69) is 16.3 Å². The zero-order chi connectivity index (χ0) is 10.5. The van der Waals surface area contributed by atoms with Crippen molar-refractivity contribution in [2.45, 2.75) is 0 Å². The summed E-state index contributed by atoms with van der Waals surface area (Å²) in [6, 6.07) is 13.3. The molecule has 0 saturated heterocycles. The molecule has 4 heteroatoms. The van der Waals surface area contributed by atoms with Gasteiger partial charge in [-0.25, -0.2) is 0 Å². The maximum atomic E-state index is 8.62. The van der Waals surface area contributed by atoms with Crippen LogP contribution in [0.1, 0.15) is 5.56 Å². The maximum absolute atomic E-state index is 8.62. The van der Waals surface area contributed by atoms with Crippen molar-refractivity contribution in [3.63, 3.8) is 0 Å². The highest BCUT2D eigenvalue weighted by Crippen LogP contribution is 2.25. The molecule has 2 rings (SSSR count). The first-order chi connectivity index (χ1) is 7.38. The van der Waals surface area contributed by atoms with Crippen LogP contribution in [0.3, 0.4) is 0 Å². The highest BCUT2D eigenvalue weighted by atomic mass is 32.1. The molecule has 0 bridgehead atoms. The molecule has 72 valence electrons. The smallest absolute Gasteiger partial charge is 0.140 e. The molecule has 0 aliphatic carbocycles. The Bertz CT molecular complexity index is 508. The summed E-state index contributed by atoms with van der Waals surface area (Å²) in [6.45, 7) is 0. The molecule has 0 unspecified atom stereocenters. The van der Waals surface area contributed by atoms with Crippen LogP contribution in [-0.4, -0.2) is 0 Å². The summed E-state index contributed by atoms with van der Waals surface area (Å²) < 4.78 is 0. The van der Waals surface area contributed by atoms with Gasteiger partial charge in [0.2, 0.25) is 0 Å². The van der Waals surface area contributed by atoms with E-state index in [1.165, 1.54) is 11.3 Å². The van der Waals surface area contributed by atoms with E-state index in [0.29, 0.717) is 5.56 Å². The molecule has 0 N–H and O–H groups in total. The lowest BCUT2D eigenvalue weighted by Crippen LogP contribution is -1.60. The Morgan fingerprint density at radius 3 is 2.60 bits per heavy atom. The van der Waals surface area contributed by atoms with Crippen LogP contribution in [-0.2, 0) is 0 Å². The minimum Gasteiger partial charge on any atom is -0.192 e. The second kappa shape index (κ2) is 4.49. The predicted molar refractivity (Wildman–Crippen MR) is 59.7 cm³/mol. The van der Waals surface area contributed by atoms with Crippen molar-refractivity contribution >= 4 is 22.0 Å². The van der Waals surface area contributed by atoms with Crippen molar-refractivity contribution in [3.8, 4) is 6.07 Å². The van der Waals surface area contributed by atoms with E-state index in [1.54, 1.807) is 11.4 Å². The van der Waals surface area contributed by atoms with Crippen molar-refractivity contribution in [2.24, 2.45) is 10.2 Å². The lowest BCUT2D eigenvalue weighted by atomic mass is 10.3. The van der Waals surface area contributed by atoms with Crippen LogP contribution in [0.15, 0.2) is 52.0 Å². The van der Waals surface area contributed by atoms with Gasteiger partial charge in [-0.15, -0.1) is 21.6 Å². The lowest BCUT2D eigenvalue weighted by molar-refractivity contribution is 1.25. The largest absolute Gasteiger partial charge is 0.192 e. The fraction of sp³-hybridized carbons (Fsp3) is 0. The second-order valence-corrected chi connectivity index (χ2v) is 3.71. The van der Waals surface area contributed by atoms with E-state index >= 15 is 0 Å². The summed E-state index contributed by atoms with van der Waals surface area (Å²) in [7, 11) is 0. The zero-order valence-corrected chi connectivity index (χ0v) is 8.61. The summed E-state index contributed by atoms with van der Waals surface area (Å²) in [4.78, 5) is 0. The molecule has 0 amide bonds. The van der Waals surface area contributed by atoms with Gasteiger partial charge in [-0.05, 0) is 18.2 Å². The Balaban J connectivity index is 2.16. The van der Waals surface area contributed by atoms with E-state index in [4.69, 9.17) is 5.26 Å². The molecule has 0 atom stereocenters. The Morgan fingerprint density at radius 1 is 1.13 bits per heavy atom. The van der Waals surface area contributed by atoms with Crippen LogP contribution in [0.25, 0.3) is 0 Å². The average molecular weight is 213 g/mol. The molecule has 0 fully saturated rings. The normalized spacial score (nSPS) is 10.3. The summed E-state index contributed by atoms with van der Waals surface area (Å²) in [5, 5.41) is 19.2. The van der Waals surface area contributed by atoms with E-state index in [9.17, 15) is 0 Å². The number of thiophene rings is 1. The van der Waals surface area contributed by atoms with Gasteiger partial charge in [0, 0.05) is 5.38 Å². The number of azo groups is 1. The van der Waals surface area contributed by atoms with Crippen molar-refractivity contribution in [1.82, 2.24) is 0 Å². The SMILES string of the molecule is N#Cc1csc(N=Nc2ccccc2)c1. The van der Waals surface area contributed by atoms with E-state index < -0.39 is 0 Å². The van der Waals surface area contributed by atoms with E-state index in [0.717, 1.165) is 10.7 Å². The molecule has 2 aromatic rings. The number of nitrogens with zero attached hydrogens (tertiary/aromatic N) is 3. The molecule has 0 aliphatic rings. The van der Waals surface area contributed by atoms with Crippen molar-refractivity contribution in [3.05, 3.63) is 47.3 Å². The standard InChI is InChI=1S/C11H7N3S/c12-7-9-6-11(15-8-9)14-13-10-4-2-1-3-5-10/h1-6,8H. The van der Waals surface area contributed by atoms with Crippen LogP contribution < -0.4 is 0 Å². The molecule has 1 heterocycles. The molecule has 15 heavy (non-hydrogen) atoms. The van der Waals surface area contributed by atoms with Gasteiger partial charge in [-0.3, -0.25) is 0 Å². The third-order valence-electron chi connectivity index (χ3n) is 1.73. The summed E-state index contributed by atoms with van der Waals surface area (Å²) in [5.74, 6) is 0. The van der Waals surface area contributed by atoms with Gasteiger partial charge in [0.15, 0.2) is 0 Å². The lowest BCUT2D eigenvalue weighted by Gasteiger charge is -1.87. The molecule has 3 nitrogen and oxygen atoms in total. The van der Waals surface area contributed by atoms with E-state index in [-0.39, 0.29) is 0 Å². The molecule has 0 aliphatic heterocycles. The predicted octanol–water partition coefficient (Wildman–Crippen LogP) is 4.04. The quantitative estimate of drug-likeness (QED) is 0.694. The maximum Gasteiger partial charge on any atom is 0.140 e. The summed E-state index contributed by atoms with van der Waals surface area (Å²) in [6.07, 6.45) is 0. The van der Waals surface area contributed by atoms with Gasteiger partial charge < -0.3 is 0 Å². The Labute approximate surface area is 91.3 Å². The molecular weight excluding hydrogens is 206 g/mol. The fourth-order valence-electron chi connectivity index (χ4n) is 1.04. The number of benzene rings is 1. The molecule has 0 saturated carbocycles. The minimum atomic E-state index is 0.627. The van der Waals surface area contributed by atoms with Crippen LogP contribution in [0.4, 0.5) is 10.7 Å². The molecule has 0 spiro atoms. The molecule has 1 aromatic carbocycles. The second-order valence-electron chi connectivity index (χ2n) is 2.82. The first-order valence-corrected chi connectivity index (χ1v) is 5.22. The van der Waals surface area contributed by atoms with Crippen molar-refractivity contribution in [2.75, 3.05) is 0 Å². The third-order valence-corrected chi connectivity index (χ3v) is 2.55. The van der Waals surface area contributed by atoms with Crippen molar-refractivity contribution in [1.29, 1.82) is 5.26 Å². The summed E-state index contributed by atoms with van der Waals surface area (Å²) >= 11 is 1.41. The Morgan fingerprint density at radius 2 is 1.93 bits per heavy atom. The average Bonchev–Trinajstić information content (AvgIpc) is 2.76. The van der Waals surface area contributed by atoms with Gasteiger partial charge in [0.1, 0.15) is 11.1 Å². The van der Waals surface area contributed by atoms with Crippen LogP contribution in [0.2, 0.25) is 0 Å². The van der Waals surface area contributed by atoms with Gasteiger partial charge in [-0.2, -0.15) is 5.26 Å². The van der Waals surface area contributed by atoms with E-state index in [1.807, 2.05) is 30.3 Å². The Hall–Kier alpha value is -1.99. The first kappa shape index (κ1) is 9.56.